The molecule has 1 aromatic heterocycles. The highest BCUT2D eigenvalue weighted by atomic mass is 35.5. The van der Waals surface area contributed by atoms with E-state index in [9.17, 15) is 9.59 Å². The van der Waals surface area contributed by atoms with E-state index in [0.29, 0.717) is 29.5 Å². The van der Waals surface area contributed by atoms with E-state index in [1.165, 1.54) is 0 Å². The summed E-state index contributed by atoms with van der Waals surface area (Å²) in [5.74, 6) is 0.0427. The third kappa shape index (κ3) is 6.53. The van der Waals surface area contributed by atoms with Crippen molar-refractivity contribution in [3.8, 4) is 0 Å². The van der Waals surface area contributed by atoms with Crippen LogP contribution in [-0.2, 0) is 4.79 Å². The van der Waals surface area contributed by atoms with E-state index >= 15 is 0 Å². The van der Waals surface area contributed by atoms with E-state index in [-0.39, 0.29) is 17.7 Å². The Morgan fingerprint density at radius 1 is 1.04 bits per heavy atom. The largest absolute Gasteiger partial charge is 0.367 e. The normalized spacial score (nSPS) is 11.7. The molecule has 2 aromatic rings. The zero-order valence-electron chi connectivity index (χ0n) is 15.6. The molecule has 0 aliphatic heterocycles. The van der Waals surface area contributed by atoms with Gasteiger partial charge in [0.25, 0.3) is 5.91 Å². The summed E-state index contributed by atoms with van der Waals surface area (Å²) in [7, 11) is 0. The molecule has 1 heterocycles. The van der Waals surface area contributed by atoms with Crippen molar-refractivity contribution in [2.45, 2.75) is 26.8 Å². The zero-order valence-corrected chi connectivity index (χ0v) is 16.4. The third-order valence-corrected chi connectivity index (χ3v) is 4.12. The van der Waals surface area contributed by atoms with Crippen molar-refractivity contribution in [1.82, 2.24) is 20.8 Å². The molecule has 0 aliphatic carbocycles. The Hall–Kier alpha value is -2.67. The standard InChI is InChI=1S/C19H24ClN5O2/c1-12(2)17(23-18(26)14-5-7-15(20)8-6-14)19(27)22-11-10-21-16-9-4-13(3)24-25-16/h4-9,12,17H,10-11H2,1-3H3,(H,21,25)(H,22,27)(H,23,26)/t17-/m0/s1. The number of hydrogen-bond acceptors (Lipinski definition) is 5. The van der Waals surface area contributed by atoms with Crippen LogP contribution in [0.25, 0.3) is 0 Å². The lowest BCUT2D eigenvalue weighted by atomic mass is 10.0. The summed E-state index contributed by atoms with van der Waals surface area (Å²) in [5, 5.41) is 17.2. The van der Waals surface area contributed by atoms with Crippen molar-refractivity contribution < 1.29 is 9.59 Å². The molecule has 0 aliphatic rings. The molecule has 7 nitrogen and oxygen atoms in total. The maximum atomic E-state index is 12.5. The molecule has 1 atom stereocenters. The van der Waals surface area contributed by atoms with Crippen LogP contribution in [0.2, 0.25) is 5.02 Å². The van der Waals surface area contributed by atoms with E-state index < -0.39 is 6.04 Å². The highest BCUT2D eigenvalue weighted by Gasteiger charge is 2.24. The number of carbonyl (C=O) groups excluding carboxylic acids is 2. The number of halogens is 1. The predicted octanol–water partition coefficient (Wildman–Crippen LogP) is 2.42. The van der Waals surface area contributed by atoms with Crippen molar-refractivity contribution in [2.24, 2.45) is 5.92 Å². The van der Waals surface area contributed by atoms with Crippen LogP contribution in [0.4, 0.5) is 5.82 Å². The van der Waals surface area contributed by atoms with Gasteiger partial charge in [-0.1, -0.05) is 25.4 Å². The average Bonchev–Trinajstić information content (AvgIpc) is 2.64. The molecule has 0 bridgehead atoms. The Bertz CT molecular complexity index is 763. The highest BCUT2D eigenvalue weighted by molar-refractivity contribution is 6.30. The van der Waals surface area contributed by atoms with Gasteiger partial charge in [0.1, 0.15) is 11.9 Å². The van der Waals surface area contributed by atoms with Crippen molar-refractivity contribution in [1.29, 1.82) is 0 Å². The van der Waals surface area contributed by atoms with Crippen LogP contribution in [-0.4, -0.2) is 41.1 Å². The fourth-order valence-electron chi connectivity index (χ4n) is 2.34. The van der Waals surface area contributed by atoms with Crippen LogP contribution >= 0.6 is 11.6 Å². The van der Waals surface area contributed by atoms with E-state index in [1.807, 2.05) is 32.9 Å². The number of carbonyl (C=O) groups is 2. The lowest BCUT2D eigenvalue weighted by Crippen LogP contribution is -2.50. The minimum Gasteiger partial charge on any atom is -0.367 e. The zero-order chi connectivity index (χ0) is 19.8. The first-order valence-electron chi connectivity index (χ1n) is 8.75. The fraction of sp³-hybridized carbons (Fsp3) is 0.368. The van der Waals surface area contributed by atoms with Gasteiger partial charge in [-0.3, -0.25) is 9.59 Å². The van der Waals surface area contributed by atoms with Crippen LogP contribution < -0.4 is 16.0 Å². The highest BCUT2D eigenvalue weighted by Crippen LogP contribution is 2.10. The number of rotatable bonds is 8. The number of nitrogens with zero attached hydrogens (tertiary/aromatic N) is 2. The number of aryl methyl sites for hydroxylation is 1. The Labute approximate surface area is 163 Å². The SMILES string of the molecule is Cc1ccc(NCCNC(=O)[C@@H](NC(=O)c2ccc(Cl)cc2)C(C)C)nn1. The fourth-order valence-corrected chi connectivity index (χ4v) is 2.47. The van der Waals surface area contributed by atoms with Gasteiger partial charge >= 0.3 is 0 Å². The Morgan fingerprint density at radius 2 is 1.74 bits per heavy atom. The molecular weight excluding hydrogens is 366 g/mol. The van der Waals surface area contributed by atoms with Crippen molar-refractivity contribution in [3.05, 3.63) is 52.7 Å². The molecule has 0 unspecified atom stereocenters. The molecule has 1 aromatic carbocycles. The molecule has 2 rings (SSSR count). The molecule has 0 saturated heterocycles. The van der Waals surface area contributed by atoms with E-state index in [2.05, 4.69) is 26.1 Å². The van der Waals surface area contributed by atoms with E-state index in [0.717, 1.165) is 5.69 Å². The van der Waals surface area contributed by atoms with Gasteiger partial charge in [0.15, 0.2) is 0 Å². The summed E-state index contributed by atoms with van der Waals surface area (Å²) < 4.78 is 0. The molecule has 0 radical (unpaired) electrons. The second-order valence-electron chi connectivity index (χ2n) is 6.48. The first-order valence-corrected chi connectivity index (χ1v) is 9.13. The molecular formula is C19H24ClN5O2. The number of nitrogens with one attached hydrogen (secondary N) is 3. The summed E-state index contributed by atoms with van der Waals surface area (Å²) in [6.07, 6.45) is 0. The van der Waals surface area contributed by atoms with Gasteiger partial charge < -0.3 is 16.0 Å². The molecule has 144 valence electrons. The van der Waals surface area contributed by atoms with Crippen LogP contribution in [0.15, 0.2) is 36.4 Å². The molecule has 0 spiro atoms. The second kappa shape index (κ2) is 9.87. The summed E-state index contributed by atoms with van der Waals surface area (Å²) in [6, 6.07) is 9.58. The molecule has 0 saturated carbocycles. The number of hydrogen-bond donors (Lipinski definition) is 3. The third-order valence-electron chi connectivity index (χ3n) is 3.87. The molecule has 0 fully saturated rings. The number of anilines is 1. The van der Waals surface area contributed by atoms with Gasteiger partial charge in [-0.25, -0.2) is 0 Å². The van der Waals surface area contributed by atoms with E-state index in [4.69, 9.17) is 11.6 Å². The maximum Gasteiger partial charge on any atom is 0.251 e. The summed E-state index contributed by atoms with van der Waals surface area (Å²) >= 11 is 5.84. The first kappa shape index (κ1) is 20.6. The van der Waals surface area contributed by atoms with Gasteiger partial charge in [-0.05, 0) is 49.2 Å². The molecule has 2 amide bonds. The van der Waals surface area contributed by atoms with Crippen LogP contribution in [0, 0.1) is 12.8 Å². The predicted molar refractivity (Wildman–Crippen MR) is 106 cm³/mol. The minimum absolute atomic E-state index is 0.0582. The summed E-state index contributed by atoms with van der Waals surface area (Å²) in [4.78, 5) is 24.8. The van der Waals surface area contributed by atoms with Gasteiger partial charge in [-0.15, -0.1) is 5.10 Å². The number of benzene rings is 1. The van der Waals surface area contributed by atoms with Crippen molar-refractivity contribution in [3.63, 3.8) is 0 Å². The van der Waals surface area contributed by atoms with Gasteiger partial charge in [-0.2, -0.15) is 5.10 Å². The van der Waals surface area contributed by atoms with Crippen LogP contribution in [0.3, 0.4) is 0 Å². The average molecular weight is 390 g/mol. The Morgan fingerprint density at radius 3 is 2.33 bits per heavy atom. The second-order valence-corrected chi connectivity index (χ2v) is 6.92. The minimum atomic E-state index is -0.632. The number of amides is 2. The Kier molecular flexibility index (Phi) is 7.55. The van der Waals surface area contributed by atoms with Crippen molar-refractivity contribution >= 4 is 29.2 Å². The van der Waals surface area contributed by atoms with Gasteiger partial charge in [0.05, 0.1) is 5.69 Å². The van der Waals surface area contributed by atoms with Gasteiger partial charge in [0.2, 0.25) is 5.91 Å². The van der Waals surface area contributed by atoms with Crippen LogP contribution in [0.5, 0.6) is 0 Å². The number of aromatic nitrogens is 2. The monoisotopic (exact) mass is 389 g/mol. The lowest BCUT2D eigenvalue weighted by Gasteiger charge is -2.22. The smallest absolute Gasteiger partial charge is 0.251 e. The van der Waals surface area contributed by atoms with Crippen molar-refractivity contribution in [2.75, 3.05) is 18.4 Å². The molecule has 3 N–H and O–H groups in total. The van der Waals surface area contributed by atoms with Gasteiger partial charge in [0, 0.05) is 23.7 Å². The lowest BCUT2D eigenvalue weighted by molar-refractivity contribution is -0.123. The Balaban J connectivity index is 1.84. The summed E-state index contributed by atoms with van der Waals surface area (Å²) in [6.45, 7) is 6.52. The quantitative estimate of drug-likeness (QED) is 0.602. The van der Waals surface area contributed by atoms with E-state index in [1.54, 1.807) is 24.3 Å². The first-order chi connectivity index (χ1) is 12.9. The molecule has 8 heteroatoms. The molecule has 27 heavy (non-hydrogen) atoms. The maximum absolute atomic E-state index is 12.5. The van der Waals surface area contributed by atoms with Crippen LogP contribution in [0.1, 0.15) is 29.9 Å². The summed E-state index contributed by atoms with van der Waals surface area (Å²) in [5.41, 5.74) is 1.29. The topological polar surface area (TPSA) is 96.0 Å².